The van der Waals surface area contributed by atoms with Gasteiger partial charge in [-0.15, -0.1) is 0 Å². The van der Waals surface area contributed by atoms with Crippen molar-refractivity contribution < 1.29 is 0 Å². The zero-order valence-electron chi connectivity index (χ0n) is 11.6. The van der Waals surface area contributed by atoms with Crippen LogP contribution >= 0.6 is 23.4 Å². The standard InChI is InChI=1S/C17H15ClN2S/c18-13-6-2-4-8-15(13)19-16-10-21-17-12(16)9-11-5-1-3-7-14(11)20-17/h2,4,6,8-9H,1,3,5,7,10H2. The minimum absolute atomic E-state index is 0.703. The Bertz CT molecular complexity index is 740. The topological polar surface area (TPSA) is 25.2 Å². The van der Waals surface area contributed by atoms with Gasteiger partial charge in [0, 0.05) is 17.0 Å². The molecule has 21 heavy (non-hydrogen) atoms. The summed E-state index contributed by atoms with van der Waals surface area (Å²) in [6.45, 7) is 0. The third-order valence-electron chi connectivity index (χ3n) is 4.03. The number of hydrogen-bond acceptors (Lipinski definition) is 3. The number of halogens is 1. The van der Waals surface area contributed by atoms with Crippen molar-refractivity contribution in [3.8, 4) is 0 Å². The maximum Gasteiger partial charge on any atom is 0.106 e. The van der Waals surface area contributed by atoms with Gasteiger partial charge >= 0.3 is 0 Å². The van der Waals surface area contributed by atoms with Gasteiger partial charge in [-0.1, -0.05) is 35.5 Å². The number of rotatable bonds is 1. The summed E-state index contributed by atoms with van der Waals surface area (Å²) in [5.41, 5.74) is 5.87. The van der Waals surface area contributed by atoms with Crippen molar-refractivity contribution in [2.24, 2.45) is 4.99 Å². The van der Waals surface area contributed by atoms with Crippen LogP contribution in [-0.4, -0.2) is 16.4 Å². The second-order valence-electron chi connectivity index (χ2n) is 5.45. The third-order valence-corrected chi connectivity index (χ3v) is 5.35. The number of pyridine rings is 1. The minimum atomic E-state index is 0.703. The fourth-order valence-electron chi connectivity index (χ4n) is 2.93. The number of para-hydroxylation sites is 1. The maximum atomic E-state index is 6.22. The smallest absolute Gasteiger partial charge is 0.106 e. The molecule has 1 aromatic heterocycles. The molecule has 0 saturated carbocycles. The number of aryl methyl sites for hydroxylation is 2. The molecule has 0 bridgehead atoms. The van der Waals surface area contributed by atoms with Gasteiger partial charge in [0.2, 0.25) is 0 Å². The van der Waals surface area contributed by atoms with Gasteiger partial charge in [-0.25, -0.2) is 4.98 Å². The third kappa shape index (κ3) is 2.49. The van der Waals surface area contributed by atoms with Gasteiger partial charge < -0.3 is 0 Å². The van der Waals surface area contributed by atoms with Crippen LogP contribution in [0.3, 0.4) is 0 Å². The lowest BCUT2D eigenvalue weighted by Gasteiger charge is -2.15. The maximum absolute atomic E-state index is 6.22. The van der Waals surface area contributed by atoms with Gasteiger partial charge in [0.15, 0.2) is 0 Å². The minimum Gasteiger partial charge on any atom is -0.250 e. The molecule has 0 unspecified atom stereocenters. The average molecular weight is 315 g/mol. The van der Waals surface area contributed by atoms with Crippen molar-refractivity contribution in [2.75, 3.05) is 5.75 Å². The molecule has 4 rings (SSSR count). The molecule has 2 nitrogen and oxygen atoms in total. The summed E-state index contributed by atoms with van der Waals surface area (Å²) in [7, 11) is 0. The fraction of sp³-hybridized carbons (Fsp3) is 0.294. The van der Waals surface area contributed by atoms with Crippen molar-refractivity contribution in [3.05, 3.63) is 52.2 Å². The zero-order chi connectivity index (χ0) is 14.2. The van der Waals surface area contributed by atoms with Crippen LogP contribution in [0.15, 0.2) is 40.4 Å². The molecule has 0 saturated heterocycles. The van der Waals surface area contributed by atoms with Crippen molar-refractivity contribution in [3.63, 3.8) is 0 Å². The van der Waals surface area contributed by atoms with E-state index in [0.29, 0.717) is 5.02 Å². The van der Waals surface area contributed by atoms with Crippen molar-refractivity contribution in [2.45, 2.75) is 30.7 Å². The molecule has 2 aliphatic rings. The molecule has 4 heteroatoms. The molecular formula is C17H15ClN2S. The summed E-state index contributed by atoms with van der Waals surface area (Å²) in [6.07, 6.45) is 4.82. The van der Waals surface area contributed by atoms with Crippen LogP contribution < -0.4 is 0 Å². The van der Waals surface area contributed by atoms with Crippen LogP contribution in [0.4, 0.5) is 5.69 Å². The summed E-state index contributed by atoms with van der Waals surface area (Å²) in [6, 6.07) is 10.1. The second-order valence-corrected chi connectivity index (χ2v) is 6.82. The molecule has 1 aliphatic heterocycles. The van der Waals surface area contributed by atoms with E-state index < -0.39 is 0 Å². The molecule has 0 atom stereocenters. The lowest BCUT2D eigenvalue weighted by molar-refractivity contribution is 0.660. The van der Waals surface area contributed by atoms with E-state index in [1.807, 2.05) is 24.3 Å². The normalized spacial score (nSPS) is 18.6. The van der Waals surface area contributed by atoms with E-state index in [2.05, 4.69) is 6.07 Å². The molecule has 2 heterocycles. The number of aromatic nitrogens is 1. The van der Waals surface area contributed by atoms with E-state index in [1.165, 1.54) is 29.7 Å². The quantitative estimate of drug-likeness (QED) is 0.752. The Kier molecular flexibility index (Phi) is 3.48. The molecule has 0 spiro atoms. The van der Waals surface area contributed by atoms with Gasteiger partial charge in [-0.05, 0) is 49.4 Å². The van der Waals surface area contributed by atoms with E-state index in [9.17, 15) is 0 Å². The highest BCUT2D eigenvalue weighted by Gasteiger charge is 2.23. The first kappa shape index (κ1) is 13.4. The number of aliphatic imine (C=N–C) groups is 1. The first-order valence-electron chi connectivity index (χ1n) is 7.29. The monoisotopic (exact) mass is 314 g/mol. The number of nitrogens with zero attached hydrogens (tertiary/aromatic N) is 2. The molecule has 106 valence electrons. The first-order valence-corrected chi connectivity index (χ1v) is 8.66. The summed E-state index contributed by atoms with van der Waals surface area (Å²) in [4.78, 5) is 9.63. The number of fused-ring (bicyclic) bond motifs is 2. The predicted octanol–water partition coefficient (Wildman–Crippen LogP) is 4.84. The van der Waals surface area contributed by atoms with Gasteiger partial charge in [0.25, 0.3) is 0 Å². The summed E-state index contributed by atoms with van der Waals surface area (Å²) in [5, 5.41) is 1.84. The largest absolute Gasteiger partial charge is 0.250 e. The van der Waals surface area contributed by atoms with E-state index in [0.717, 1.165) is 35.0 Å². The lowest BCUT2D eigenvalue weighted by Crippen LogP contribution is -2.08. The zero-order valence-corrected chi connectivity index (χ0v) is 13.2. The Morgan fingerprint density at radius 2 is 2.00 bits per heavy atom. The average Bonchev–Trinajstić information content (AvgIpc) is 2.89. The fourth-order valence-corrected chi connectivity index (χ4v) is 4.10. The van der Waals surface area contributed by atoms with Crippen LogP contribution in [-0.2, 0) is 12.8 Å². The van der Waals surface area contributed by atoms with E-state index >= 15 is 0 Å². The highest BCUT2D eigenvalue weighted by Crippen LogP contribution is 2.35. The van der Waals surface area contributed by atoms with Crippen molar-refractivity contribution in [1.82, 2.24) is 4.98 Å². The predicted molar refractivity (Wildman–Crippen MR) is 89.3 cm³/mol. The second kappa shape index (κ2) is 5.47. The van der Waals surface area contributed by atoms with E-state index in [1.54, 1.807) is 11.8 Å². The van der Waals surface area contributed by atoms with Crippen LogP contribution in [0.2, 0.25) is 5.02 Å². The van der Waals surface area contributed by atoms with Gasteiger partial charge in [0.05, 0.1) is 16.4 Å². The molecular weight excluding hydrogens is 300 g/mol. The van der Waals surface area contributed by atoms with Crippen LogP contribution in [0.5, 0.6) is 0 Å². The Morgan fingerprint density at radius 3 is 2.90 bits per heavy atom. The lowest BCUT2D eigenvalue weighted by atomic mass is 9.94. The highest BCUT2D eigenvalue weighted by molar-refractivity contribution is 8.00. The Balaban J connectivity index is 1.78. The van der Waals surface area contributed by atoms with Crippen LogP contribution in [0, 0.1) is 0 Å². The molecule has 0 fully saturated rings. The molecule has 0 radical (unpaired) electrons. The number of hydrogen-bond donors (Lipinski definition) is 0. The molecule has 1 aromatic carbocycles. The summed E-state index contributed by atoms with van der Waals surface area (Å²) >= 11 is 8.00. The van der Waals surface area contributed by atoms with Gasteiger partial charge in [-0.3, -0.25) is 4.99 Å². The molecule has 2 aromatic rings. The molecule has 0 amide bonds. The Hall–Kier alpha value is -1.32. The van der Waals surface area contributed by atoms with Crippen molar-refractivity contribution in [1.29, 1.82) is 0 Å². The number of benzene rings is 1. The highest BCUT2D eigenvalue weighted by atomic mass is 35.5. The van der Waals surface area contributed by atoms with E-state index in [-0.39, 0.29) is 0 Å². The van der Waals surface area contributed by atoms with Crippen LogP contribution in [0.25, 0.3) is 0 Å². The van der Waals surface area contributed by atoms with Gasteiger partial charge in [0.1, 0.15) is 5.03 Å². The number of thioether (sulfide) groups is 1. The summed E-state index contributed by atoms with van der Waals surface area (Å²) in [5.74, 6) is 0.885. The SMILES string of the molecule is Clc1ccccc1N=C1CSc2nc3c(cc21)CCCC3. The first-order chi connectivity index (χ1) is 10.3. The summed E-state index contributed by atoms with van der Waals surface area (Å²) < 4.78 is 0. The molecule has 0 N–H and O–H groups in total. The molecule has 1 aliphatic carbocycles. The van der Waals surface area contributed by atoms with Gasteiger partial charge in [-0.2, -0.15) is 0 Å². The Morgan fingerprint density at radius 1 is 1.14 bits per heavy atom. The van der Waals surface area contributed by atoms with Crippen molar-refractivity contribution >= 4 is 34.8 Å². The Labute approximate surface area is 133 Å². The van der Waals surface area contributed by atoms with Crippen LogP contribution in [0.1, 0.15) is 29.7 Å². The van der Waals surface area contributed by atoms with E-state index in [4.69, 9.17) is 21.6 Å².